The van der Waals surface area contributed by atoms with Gasteiger partial charge in [-0.15, -0.1) is 0 Å². The van der Waals surface area contributed by atoms with Crippen LogP contribution in [0.15, 0.2) is 48.5 Å². The van der Waals surface area contributed by atoms with Gasteiger partial charge in [0, 0.05) is 23.9 Å². The van der Waals surface area contributed by atoms with E-state index >= 15 is 0 Å². The number of benzene rings is 2. The largest absolute Gasteiger partial charge is 0.454 e. The molecule has 6 heteroatoms. The zero-order valence-electron chi connectivity index (χ0n) is 15.3. The number of rotatable bonds is 6. The fraction of sp³-hybridized carbons (Fsp3) is 0.238. The van der Waals surface area contributed by atoms with E-state index in [-0.39, 0.29) is 18.6 Å². The molecule has 1 aliphatic rings. The topological polar surface area (TPSA) is 76.7 Å². The van der Waals surface area contributed by atoms with E-state index in [1.54, 1.807) is 30.3 Å². The van der Waals surface area contributed by atoms with Crippen molar-refractivity contribution in [2.45, 2.75) is 20.3 Å². The first-order valence-corrected chi connectivity index (χ1v) is 8.78. The summed E-state index contributed by atoms with van der Waals surface area (Å²) in [6.45, 7) is 4.21. The third kappa shape index (κ3) is 5.34. The van der Waals surface area contributed by atoms with E-state index in [1.807, 2.05) is 32.0 Å². The Morgan fingerprint density at radius 1 is 1.00 bits per heavy atom. The van der Waals surface area contributed by atoms with E-state index in [0.717, 1.165) is 5.56 Å². The number of hydrogen-bond donors (Lipinski definition) is 2. The highest BCUT2D eigenvalue weighted by Crippen LogP contribution is 2.32. The van der Waals surface area contributed by atoms with Crippen molar-refractivity contribution in [1.29, 1.82) is 0 Å². The molecule has 0 saturated carbocycles. The predicted molar refractivity (Wildman–Crippen MR) is 105 cm³/mol. The minimum Gasteiger partial charge on any atom is -0.454 e. The number of carbonyl (C=O) groups excluding carboxylic acids is 2. The molecule has 0 atom stereocenters. The molecule has 2 amide bonds. The molecule has 27 heavy (non-hydrogen) atoms. The Kier molecular flexibility index (Phi) is 5.76. The maximum Gasteiger partial charge on any atom is 0.248 e. The quantitative estimate of drug-likeness (QED) is 0.756. The third-order valence-corrected chi connectivity index (χ3v) is 3.85. The van der Waals surface area contributed by atoms with Crippen LogP contribution in [0.4, 0.5) is 11.4 Å². The molecule has 0 aliphatic carbocycles. The Morgan fingerprint density at radius 3 is 2.37 bits per heavy atom. The van der Waals surface area contributed by atoms with Crippen LogP contribution in [0.25, 0.3) is 6.08 Å². The lowest BCUT2D eigenvalue weighted by atomic mass is 10.1. The van der Waals surface area contributed by atoms with E-state index in [0.29, 0.717) is 35.2 Å². The van der Waals surface area contributed by atoms with Crippen LogP contribution in [-0.4, -0.2) is 18.6 Å². The fourth-order valence-corrected chi connectivity index (χ4v) is 2.59. The van der Waals surface area contributed by atoms with Crippen molar-refractivity contribution in [3.05, 3.63) is 54.1 Å². The maximum atomic E-state index is 12.1. The molecule has 2 N–H and O–H groups in total. The molecule has 0 saturated heterocycles. The monoisotopic (exact) mass is 366 g/mol. The Balaban J connectivity index is 1.54. The van der Waals surface area contributed by atoms with Gasteiger partial charge in [0.15, 0.2) is 11.5 Å². The number of hydrogen-bond acceptors (Lipinski definition) is 4. The Hall–Kier alpha value is -3.28. The number of fused-ring (bicyclic) bond motifs is 1. The molecule has 0 spiro atoms. The minimum atomic E-state index is -0.246. The highest BCUT2D eigenvalue weighted by Gasteiger charge is 2.12. The molecule has 2 aromatic rings. The van der Waals surface area contributed by atoms with Crippen molar-refractivity contribution in [2.75, 3.05) is 17.4 Å². The van der Waals surface area contributed by atoms with Gasteiger partial charge in [-0.25, -0.2) is 0 Å². The standard InChI is InChI=1S/C21H22N2O4/c1-14(2)11-21(25)23-17-7-5-16(6-8-17)22-20(24)10-4-15-3-9-18-19(12-15)27-13-26-18/h3-10,12,14H,11,13H2,1-2H3,(H,22,24)(H,23,25)/b10-4+. The molecular formula is C21H22N2O4. The molecule has 3 rings (SSSR count). The van der Waals surface area contributed by atoms with Gasteiger partial charge < -0.3 is 20.1 Å². The van der Waals surface area contributed by atoms with Gasteiger partial charge >= 0.3 is 0 Å². The van der Waals surface area contributed by atoms with E-state index in [9.17, 15) is 9.59 Å². The Labute approximate surface area is 158 Å². The Morgan fingerprint density at radius 2 is 1.67 bits per heavy atom. The number of ether oxygens (including phenoxy) is 2. The second kappa shape index (κ2) is 8.40. The van der Waals surface area contributed by atoms with Gasteiger partial charge in [0.2, 0.25) is 18.6 Å². The number of nitrogens with one attached hydrogen (secondary N) is 2. The Bertz CT molecular complexity index is 857. The SMILES string of the molecule is CC(C)CC(=O)Nc1ccc(NC(=O)/C=C/c2ccc3c(c2)OCO3)cc1. The van der Waals surface area contributed by atoms with Crippen LogP contribution in [0.2, 0.25) is 0 Å². The smallest absolute Gasteiger partial charge is 0.248 e. The van der Waals surface area contributed by atoms with Gasteiger partial charge in [-0.2, -0.15) is 0 Å². The van der Waals surface area contributed by atoms with E-state index < -0.39 is 0 Å². The summed E-state index contributed by atoms with van der Waals surface area (Å²) >= 11 is 0. The second-order valence-electron chi connectivity index (χ2n) is 6.66. The average Bonchev–Trinajstić information content (AvgIpc) is 3.08. The van der Waals surface area contributed by atoms with Gasteiger partial charge in [0.1, 0.15) is 0 Å². The highest BCUT2D eigenvalue weighted by molar-refractivity contribution is 6.02. The molecular weight excluding hydrogens is 344 g/mol. The molecule has 1 heterocycles. The van der Waals surface area contributed by atoms with Crippen molar-refractivity contribution < 1.29 is 19.1 Å². The van der Waals surface area contributed by atoms with Crippen molar-refractivity contribution >= 4 is 29.3 Å². The van der Waals surface area contributed by atoms with Crippen molar-refractivity contribution in [1.82, 2.24) is 0 Å². The van der Waals surface area contributed by atoms with E-state index in [4.69, 9.17) is 9.47 Å². The molecule has 0 aromatic heterocycles. The molecule has 6 nitrogen and oxygen atoms in total. The van der Waals surface area contributed by atoms with Gasteiger partial charge in [-0.3, -0.25) is 9.59 Å². The lowest BCUT2D eigenvalue weighted by Gasteiger charge is -2.08. The predicted octanol–water partition coefficient (Wildman–Crippen LogP) is 4.05. The summed E-state index contributed by atoms with van der Waals surface area (Å²) in [5.41, 5.74) is 2.20. The molecule has 0 unspecified atom stereocenters. The zero-order valence-corrected chi connectivity index (χ0v) is 15.3. The maximum absolute atomic E-state index is 12.1. The van der Waals surface area contributed by atoms with E-state index in [1.165, 1.54) is 6.08 Å². The lowest BCUT2D eigenvalue weighted by Crippen LogP contribution is -2.14. The van der Waals surface area contributed by atoms with Gasteiger partial charge in [0.05, 0.1) is 0 Å². The molecule has 1 aliphatic heterocycles. The lowest BCUT2D eigenvalue weighted by molar-refractivity contribution is -0.117. The summed E-state index contributed by atoms with van der Waals surface area (Å²) in [6, 6.07) is 12.5. The van der Waals surface area contributed by atoms with Gasteiger partial charge in [-0.05, 0) is 54.0 Å². The normalized spacial score (nSPS) is 12.4. The summed E-state index contributed by atoms with van der Waals surface area (Å²) in [6.07, 6.45) is 3.64. The van der Waals surface area contributed by atoms with Crippen LogP contribution in [0.3, 0.4) is 0 Å². The van der Waals surface area contributed by atoms with Gasteiger partial charge in [0.25, 0.3) is 0 Å². The summed E-state index contributed by atoms with van der Waals surface area (Å²) in [7, 11) is 0. The minimum absolute atomic E-state index is 0.0200. The fourth-order valence-electron chi connectivity index (χ4n) is 2.59. The molecule has 0 bridgehead atoms. The number of carbonyl (C=O) groups is 2. The summed E-state index contributed by atoms with van der Waals surface area (Å²) in [4.78, 5) is 23.8. The second-order valence-corrected chi connectivity index (χ2v) is 6.66. The number of anilines is 2. The third-order valence-electron chi connectivity index (χ3n) is 3.85. The van der Waals surface area contributed by atoms with Crippen LogP contribution in [0.5, 0.6) is 11.5 Å². The molecule has 0 fully saturated rings. The molecule has 0 radical (unpaired) electrons. The van der Waals surface area contributed by atoms with Crippen molar-refractivity contribution in [3.63, 3.8) is 0 Å². The summed E-state index contributed by atoms with van der Waals surface area (Å²) in [5.74, 6) is 1.42. The first-order valence-electron chi connectivity index (χ1n) is 8.78. The van der Waals surface area contributed by atoms with E-state index in [2.05, 4.69) is 10.6 Å². The van der Waals surface area contributed by atoms with Crippen LogP contribution < -0.4 is 20.1 Å². The van der Waals surface area contributed by atoms with Crippen LogP contribution in [-0.2, 0) is 9.59 Å². The summed E-state index contributed by atoms with van der Waals surface area (Å²) in [5, 5.41) is 5.62. The first kappa shape index (κ1) is 18.5. The zero-order chi connectivity index (χ0) is 19.2. The van der Waals surface area contributed by atoms with Crippen LogP contribution >= 0.6 is 0 Å². The highest BCUT2D eigenvalue weighted by atomic mass is 16.7. The molecule has 2 aromatic carbocycles. The van der Waals surface area contributed by atoms with Gasteiger partial charge in [-0.1, -0.05) is 19.9 Å². The van der Waals surface area contributed by atoms with Crippen molar-refractivity contribution in [3.8, 4) is 11.5 Å². The summed E-state index contributed by atoms with van der Waals surface area (Å²) < 4.78 is 10.6. The average molecular weight is 366 g/mol. The number of amides is 2. The van der Waals surface area contributed by atoms with Crippen LogP contribution in [0.1, 0.15) is 25.8 Å². The van der Waals surface area contributed by atoms with Crippen LogP contribution in [0, 0.1) is 5.92 Å². The van der Waals surface area contributed by atoms with Crippen molar-refractivity contribution in [2.24, 2.45) is 5.92 Å². The molecule has 140 valence electrons. The first-order chi connectivity index (χ1) is 13.0.